The zero-order valence-electron chi connectivity index (χ0n) is 10.6. The van der Waals surface area contributed by atoms with Crippen LogP contribution in [0, 0.1) is 20.2 Å². The molecule has 3 aromatic rings. The molecule has 0 atom stereocenters. The molecule has 0 aliphatic rings. The van der Waals surface area contributed by atoms with E-state index >= 15 is 0 Å². The molecule has 9 nitrogen and oxygen atoms in total. The van der Waals surface area contributed by atoms with Crippen molar-refractivity contribution < 1.29 is 9.85 Å². The van der Waals surface area contributed by atoms with Gasteiger partial charge in [0.2, 0.25) is 0 Å². The van der Waals surface area contributed by atoms with Crippen LogP contribution in [0.4, 0.5) is 11.4 Å². The van der Waals surface area contributed by atoms with Crippen molar-refractivity contribution in [2.24, 2.45) is 0 Å². The Morgan fingerprint density at radius 1 is 1.09 bits per heavy atom. The van der Waals surface area contributed by atoms with E-state index in [0.29, 0.717) is 4.47 Å². The van der Waals surface area contributed by atoms with E-state index < -0.39 is 26.7 Å². The molecule has 0 amide bonds. The minimum atomic E-state index is -0.783. The van der Waals surface area contributed by atoms with E-state index in [1.165, 1.54) is 12.3 Å². The molecule has 10 heteroatoms. The van der Waals surface area contributed by atoms with Gasteiger partial charge in [0, 0.05) is 16.7 Å². The highest BCUT2D eigenvalue weighted by atomic mass is 79.9. The first kappa shape index (κ1) is 14.1. The Bertz CT molecular complexity index is 1030. The van der Waals surface area contributed by atoms with Crippen LogP contribution < -0.4 is 5.43 Å². The molecule has 0 saturated carbocycles. The number of nitro benzene ring substituents is 2. The maximum Gasteiger partial charge on any atom is 0.300 e. The molecule has 0 saturated heterocycles. The molecule has 0 bridgehead atoms. The summed E-state index contributed by atoms with van der Waals surface area (Å²) < 4.78 is 0.546. The number of fused-ring (bicyclic) bond motifs is 2. The highest BCUT2D eigenvalue weighted by Gasteiger charge is 2.22. The van der Waals surface area contributed by atoms with Crippen LogP contribution >= 0.6 is 15.9 Å². The summed E-state index contributed by atoms with van der Waals surface area (Å²) in [6, 6.07) is 3.32. The summed E-state index contributed by atoms with van der Waals surface area (Å²) in [5, 5.41) is 22.1. The molecule has 0 aliphatic heterocycles. The van der Waals surface area contributed by atoms with Gasteiger partial charge in [0.15, 0.2) is 5.43 Å². The van der Waals surface area contributed by atoms with Crippen LogP contribution in [-0.2, 0) is 0 Å². The number of nitro groups is 2. The fourth-order valence-corrected chi connectivity index (χ4v) is 2.48. The number of H-pyrrole nitrogens is 1. The van der Waals surface area contributed by atoms with Crippen molar-refractivity contribution in [2.45, 2.75) is 0 Å². The zero-order chi connectivity index (χ0) is 16.0. The van der Waals surface area contributed by atoms with Gasteiger partial charge in [-0.25, -0.2) is 4.98 Å². The van der Waals surface area contributed by atoms with E-state index in [2.05, 4.69) is 25.9 Å². The molecule has 0 spiro atoms. The summed E-state index contributed by atoms with van der Waals surface area (Å²) in [6.07, 6.45) is 1.43. The first-order valence-electron chi connectivity index (χ1n) is 5.82. The molecule has 0 radical (unpaired) electrons. The Morgan fingerprint density at radius 3 is 2.45 bits per heavy atom. The SMILES string of the molecule is O=c1c2cc(Br)cnc2[nH]c2c([N+](=O)[O-])cc([N+](=O)[O-])cc12. The lowest BCUT2D eigenvalue weighted by atomic mass is 10.1. The lowest BCUT2D eigenvalue weighted by Crippen LogP contribution is -2.07. The number of aromatic amines is 1. The Hall–Kier alpha value is -2.88. The second kappa shape index (κ2) is 4.84. The van der Waals surface area contributed by atoms with Gasteiger partial charge in [0.05, 0.1) is 26.7 Å². The van der Waals surface area contributed by atoms with Crippen LogP contribution in [0.25, 0.3) is 21.9 Å². The van der Waals surface area contributed by atoms with Gasteiger partial charge in [0.1, 0.15) is 11.2 Å². The molecule has 22 heavy (non-hydrogen) atoms. The van der Waals surface area contributed by atoms with Crippen LogP contribution in [-0.4, -0.2) is 19.8 Å². The standard InChI is InChI=1S/C12H5BrN4O5/c13-5-1-8-11(18)7-2-6(16(19)20)3-9(17(21)22)10(7)15-12(8)14-4-5/h1-4H,(H,14,15,18). The van der Waals surface area contributed by atoms with Crippen LogP contribution in [0.5, 0.6) is 0 Å². The fraction of sp³-hybridized carbons (Fsp3) is 0. The Kier molecular flexibility index (Phi) is 3.10. The van der Waals surface area contributed by atoms with E-state index in [0.717, 1.165) is 12.1 Å². The maximum absolute atomic E-state index is 12.5. The minimum Gasteiger partial charge on any atom is -0.333 e. The van der Waals surface area contributed by atoms with Crippen molar-refractivity contribution in [3.63, 3.8) is 0 Å². The average molecular weight is 365 g/mol. The number of non-ortho nitro benzene ring substituents is 2. The lowest BCUT2D eigenvalue weighted by Gasteiger charge is -2.03. The van der Waals surface area contributed by atoms with Crippen LogP contribution in [0.3, 0.4) is 0 Å². The van der Waals surface area contributed by atoms with E-state index in [1.54, 1.807) is 0 Å². The molecular formula is C12H5BrN4O5. The Balaban J connectivity index is 2.57. The topological polar surface area (TPSA) is 132 Å². The predicted molar refractivity (Wildman–Crippen MR) is 80.9 cm³/mol. The summed E-state index contributed by atoms with van der Waals surface area (Å²) in [6.45, 7) is 0. The monoisotopic (exact) mass is 364 g/mol. The first-order valence-corrected chi connectivity index (χ1v) is 6.62. The van der Waals surface area contributed by atoms with Gasteiger partial charge in [-0.3, -0.25) is 25.0 Å². The molecule has 3 rings (SSSR count). The summed E-state index contributed by atoms with van der Waals surface area (Å²) in [5.74, 6) is 0. The van der Waals surface area contributed by atoms with Gasteiger partial charge in [-0.05, 0) is 22.0 Å². The first-order chi connectivity index (χ1) is 10.4. The Labute approximate surface area is 129 Å². The third kappa shape index (κ3) is 2.09. The van der Waals surface area contributed by atoms with Crippen molar-refractivity contribution in [3.8, 4) is 0 Å². The number of hydrogen-bond acceptors (Lipinski definition) is 6. The van der Waals surface area contributed by atoms with E-state index in [9.17, 15) is 25.0 Å². The van der Waals surface area contributed by atoms with Gasteiger partial charge in [0.25, 0.3) is 11.4 Å². The molecule has 1 aromatic carbocycles. The fourth-order valence-electron chi connectivity index (χ4n) is 2.15. The van der Waals surface area contributed by atoms with Crippen molar-refractivity contribution in [1.82, 2.24) is 9.97 Å². The summed E-state index contributed by atoms with van der Waals surface area (Å²) in [7, 11) is 0. The number of aromatic nitrogens is 2. The largest absolute Gasteiger partial charge is 0.333 e. The molecule has 110 valence electrons. The number of nitrogens with zero attached hydrogens (tertiary/aromatic N) is 3. The summed E-state index contributed by atoms with van der Waals surface area (Å²) in [5.41, 5.74) is -1.56. The van der Waals surface area contributed by atoms with Gasteiger partial charge in [-0.1, -0.05) is 0 Å². The van der Waals surface area contributed by atoms with Crippen LogP contribution in [0.1, 0.15) is 0 Å². The third-order valence-electron chi connectivity index (χ3n) is 3.10. The second-order valence-corrected chi connectivity index (χ2v) is 5.32. The van der Waals surface area contributed by atoms with Crippen molar-refractivity contribution in [2.75, 3.05) is 0 Å². The zero-order valence-corrected chi connectivity index (χ0v) is 12.2. The molecule has 1 N–H and O–H groups in total. The second-order valence-electron chi connectivity index (χ2n) is 4.41. The van der Waals surface area contributed by atoms with Crippen LogP contribution in [0.2, 0.25) is 0 Å². The van der Waals surface area contributed by atoms with E-state index in [4.69, 9.17) is 0 Å². The number of nitrogens with one attached hydrogen (secondary N) is 1. The number of halogens is 1. The highest BCUT2D eigenvalue weighted by molar-refractivity contribution is 9.10. The smallest absolute Gasteiger partial charge is 0.300 e. The summed E-state index contributed by atoms with van der Waals surface area (Å²) >= 11 is 3.17. The highest BCUT2D eigenvalue weighted by Crippen LogP contribution is 2.29. The van der Waals surface area contributed by atoms with Gasteiger partial charge in [-0.2, -0.15) is 0 Å². The Morgan fingerprint density at radius 2 is 1.82 bits per heavy atom. The number of pyridine rings is 2. The molecule has 0 unspecified atom stereocenters. The third-order valence-corrected chi connectivity index (χ3v) is 3.53. The van der Waals surface area contributed by atoms with E-state index in [1.807, 2.05) is 0 Å². The van der Waals surface area contributed by atoms with Gasteiger partial charge < -0.3 is 4.98 Å². The van der Waals surface area contributed by atoms with Crippen molar-refractivity contribution in [3.05, 3.63) is 59.3 Å². The maximum atomic E-state index is 12.5. The molecule has 2 heterocycles. The molecular weight excluding hydrogens is 360 g/mol. The molecule has 0 aliphatic carbocycles. The van der Waals surface area contributed by atoms with Gasteiger partial charge >= 0.3 is 0 Å². The minimum absolute atomic E-state index is 0.0945. The van der Waals surface area contributed by atoms with Crippen molar-refractivity contribution in [1.29, 1.82) is 0 Å². The summed E-state index contributed by atoms with van der Waals surface area (Å²) in [4.78, 5) is 39.6. The van der Waals surface area contributed by atoms with Gasteiger partial charge in [-0.15, -0.1) is 0 Å². The van der Waals surface area contributed by atoms with E-state index in [-0.39, 0.29) is 21.9 Å². The predicted octanol–water partition coefficient (Wildman–Crippen LogP) is 2.66. The van der Waals surface area contributed by atoms with Crippen molar-refractivity contribution >= 4 is 49.2 Å². The number of benzene rings is 1. The normalized spacial score (nSPS) is 11.0. The number of hydrogen-bond donors (Lipinski definition) is 1. The lowest BCUT2D eigenvalue weighted by molar-refractivity contribution is -0.393. The van der Waals surface area contributed by atoms with Crippen LogP contribution in [0.15, 0.2) is 33.7 Å². The average Bonchev–Trinajstić information content (AvgIpc) is 2.47. The number of rotatable bonds is 2. The molecule has 0 fully saturated rings. The quantitative estimate of drug-likeness (QED) is 0.422. The molecule has 2 aromatic heterocycles.